The van der Waals surface area contributed by atoms with Gasteiger partial charge in [-0.3, -0.25) is 14.2 Å². The van der Waals surface area contributed by atoms with Crippen molar-refractivity contribution in [3.8, 4) is 0 Å². The second-order valence-electron chi connectivity index (χ2n) is 5.41. The molecular formula is C14H16N2O2S. The summed E-state index contributed by atoms with van der Waals surface area (Å²) in [5.74, 6) is 0.654. The zero-order valence-electron chi connectivity index (χ0n) is 11.1. The normalized spacial score (nSPS) is 18.5. The van der Waals surface area contributed by atoms with Crippen molar-refractivity contribution in [3.63, 3.8) is 0 Å². The molecule has 0 saturated carbocycles. The highest BCUT2D eigenvalue weighted by atomic mass is 32.1. The minimum atomic E-state index is -0.0627. The highest BCUT2D eigenvalue weighted by Crippen LogP contribution is 2.35. The van der Waals surface area contributed by atoms with E-state index in [-0.39, 0.29) is 17.9 Å². The molecule has 0 saturated heterocycles. The van der Waals surface area contributed by atoms with Crippen LogP contribution in [0.4, 0.5) is 0 Å². The van der Waals surface area contributed by atoms with Gasteiger partial charge in [0.25, 0.3) is 5.56 Å². The summed E-state index contributed by atoms with van der Waals surface area (Å²) < 4.78 is 1.43. The van der Waals surface area contributed by atoms with E-state index in [0.29, 0.717) is 5.92 Å². The number of ketones is 1. The third-order valence-corrected chi connectivity index (χ3v) is 4.84. The molecule has 2 aromatic heterocycles. The van der Waals surface area contributed by atoms with Crippen molar-refractivity contribution in [1.82, 2.24) is 9.55 Å². The molecule has 0 aliphatic heterocycles. The quantitative estimate of drug-likeness (QED) is 0.844. The van der Waals surface area contributed by atoms with Gasteiger partial charge in [-0.15, -0.1) is 11.3 Å². The Bertz CT molecular complexity index is 714. The molecule has 0 bridgehead atoms. The van der Waals surface area contributed by atoms with Crippen LogP contribution in [0.25, 0.3) is 10.2 Å². The van der Waals surface area contributed by atoms with Gasteiger partial charge in [-0.2, -0.15) is 0 Å². The maximum absolute atomic E-state index is 12.5. The molecule has 5 heteroatoms. The van der Waals surface area contributed by atoms with Gasteiger partial charge in [0.05, 0.1) is 18.3 Å². The van der Waals surface area contributed by atoms with Crippen molar-refractivity contribution in [2.45, 2.75) is 39.7 Å². The molecule has 0 amide bonds. The number of rotatable bonds is 2. The van der Waals surface area contributed by atoms with Crippen molar-refractivity contribution < 1.29 is 4.79 Å². The third kappa shape index (κ3) is 2.12. The average molecular weight is 276 g/mol. The molecule has 1 aliphatic rings. The molecule has 0 radical (unpaired) electrons. The predicted molar refractivity (Wildman–Crippen MR) is 75.8 cm³/mol. The van der Waals surface area contributed by atoms with Crippen LogP contribution in [0.2, 0.25) is 0 Å². The number of nitrogens with zero attached hydrogens (tertiary/aromatic N) is 2. The van der Waals surface area contributed by atoms with E-state index in [2.05, 4.69) is 11.9 Å². The van der Waals surface area contributed by atoms with Gasteiger partial charge in [-0.1, -0.05) is 6.92 Å². The topological polar surface area (TPSA) is 52.0 Å². The number of hydrogen-bond donors (Lipinski definition) is 0. The summed E-state index contributed by atoms with van der Waals surface area (Å²) in [5, 5.41) is 0.746. The molecule has 3 rings (SSSR count). The van der Waals surface area contributed by atoms with Crippen molar-refractivity contribution in [2.24, 2.45) is 5.92 Å². The summed E-state index contributed by atoms with van der Waals surface area (Å²) in [6.07, 6.45) is 4.62. The van der Waals surface area contributed by atoms with E-state index in [1.54, 1.807) is 11.3 Å². The standard InChI is InChI=1S/C14H16N2O2S/c1-8-3-4-10-11(5-8)19-13-12(10)14(18)16(7-15-13)6-9(2)17/h7-8H,3-6H2,1-2H3/t8-/m0/s1. The molecule has 1 atom stereocenters. The van der Waals surface area contributed by atoms with E-state index in [4.69, 9.17) is 0 Å². The largest absolute Gasteiger partial charge is 0.298 e. The van der Waals surface area contributed by atoms with E-state index in [1.807, 2.05) is 0 Å². The van der Waals surface area contributed by atoms with Crippen LogP contribution in [0.15, 0.2) is 11.1 Å². The summed E-state index contributed by atoms with van der Waals surface area (Å²) in [5.41, 5.74) is 1.11. The van der Waals surface area contributed by atoms with Crippen LogP contribution >= 0.6 is 11.3 Å². The van der Waals surface area contributed by atoms with Gasteiger partial charge in [-0.25, -0.2) is 4.98 Å². The minimum Gasteiger partial charge on any atom is -0.298 e. The van der Waals surface area contributed by atoms with E-state index in [1.165, 1.54) is 28.3 Å². The Kier molecular flexibility index (Phi) is 3.01. The van der Waals surface area contributed by atoms with Gasteiger partial charge >= 0.3 is 0 Å². The lowest BCUT2D eigenvalue weighted by Gasteiger charge is -2.17. The highest BCUT2D eigenvalue weighted by molar-refractivity contribution is 7.18. The van der Waals surface area contributed by atoms with Crippen LogP contribution in [0.5, 0.6) is 0 Å². The molecule has 0 fully saturated rings. The summed E-state index contributed by atoms with van der Waals surface area (Å²) in [7, 11) is 0. The molecule has 0 spiro atoms. The van der Waals surface area contributed by atoms with Crippen LogP contribution in [0.3, 0.4) is 0 Å². The lowest BCUT2D eigenvalue weighted by Crippen LogP contribution is -2.24. The average Bonchev–Trinajstić information content (AvgIpc) is 2.70. The van der Waals surface area contributed by atoms with Gasteiger partial charge in [0.1, 0.15) is 10.6 Å². The van der Waals surface area contributed by atoms with E-state index in [9.17, 15) is 9.59 Å². The van der Waals surface area contributed by atoms with Crippen LogP contribution < -0.4 is 5.56 Å². The lowest BCUT2D eigenvalue weighted by atomic mass is 9.89. The Morgan fingerprint density at radius 2 is 2.37 bits per heavy atom. The number of Topliss-reactive ketones (excluding diaryl/α,β-unsaturated/α-hetero) is 1. The van der Waals surface area contributed by atoms with Gasteiger partial charge in [0.15, 0.2) is 0 Å². The molecule has 2 aromatic rings. The molecule has 2 heterocycles. The first kappa shape index (κ1) is 12.5. The van der Waals surface area contributed by atoms with Crippen LogP contribution in [0.1, 0.15) is 30.7 Å². The summed E-state index contributed by atoms with van der Waals surface area (Å²) >= 11 is 1.64. The smallest absolute Gasteiger partial charge is 0.262 e. The first-order valence-electron chi connectivity index (χ1n) is 6.55. The Morgan fingerprint density at radius 1 is 1.58 bits per heavy atom. The van der Waals surface area contributed by atoms with Gasteiger partial charge in [-0.05, 0) is 37.7 Å². The van der Waals surface area contributed by atoms with Gasteiger partial charge < -0.3 is 0 Å². The maximum atomic E-state index is 12.5. The van der Waals surface area contributed by atoms with Crippen molar-refractivity contribution >= 4 is 27.3 Å². The number of aryl methyl sites for hydroxylation is 1. The summed E-state index contributed by atoms with van der Waals surface area (Å²) in [6, 6.07) is 0. The van der Waals surface area contributed by atoms with E-state index in [0.717, 1.165) is 29.5 Å². The monoisotopic (exact) mass is 276 g/mol. The second-order valence-corrected chi connectivity index (χ2v) is 6.50. The Balaban J connectivity index is 2.20. The fourth-order valence-electron chi connectivity index (χ4n) is 2.72. The van der Waals surface area contributed by atoms with E-state index < -0.39 is 0 Å². The fraction of sp³-hybridized carbons (Fsp3) is 0.500. The molecule has 4 nitrogen and oxygen atoms in total. The van der Waals surface area contributed by atoms with Crippen molar-refractivity contribution in [1.29, 1.82) is 0 Å². The number of thiophene rings is 1. The number of fused-ring (bicyclic) bond motifs is 3. The first-order valence-corrected chi connectivity index (χ1v) is 7.37. The Hall–Kier alpha value is -1.49. The number of carbonyl (C=O) groups is 1. The van der Waals surface area contributed by atoms with Gasteiger partial charge in [0.2, 0.25) is 0 Å². The second kappa shape index (κ2) is 4.56. The van der Waals surface area contributed by atoms with Crippen LogP contribution in [-0.4, -0.2) is 15.3 Å². The molecule has 0 aromatic carbocycles. The summed E-state index contributed by atoms with van der Waals surface area (Å²) in [4.78, 5) is 30.1. The van der Waals surface area contributed by atoms with E-state index >= 15 is 0 Å². The highest BCUT2D eigenvalue weighted by Gasteiger charge is 2.23. The first-order chi connectivity index (χ1) is 9.06. The maximum Gasteiger partial charge on any atom is 0.262 e. The number of aromatic nitrogens is 2. The number of carbonyl (C=O) groups excluding carboxylic acids is 1. The third-order valence-electron chi connectivity index (χ3n) is 3.68. The zero-order valence-corrected chi connectivity index (χ0v) is 11.9. The Labute approximate surface area is 115 Å². The van der Waals surface area contributed by atoms with Crippen LogP contribution in [0, 0.1) is 5.92 Å². The number of hydrogen-bond acceptors (Lipinski definition) is 4. The lowest BCUT2D eigenvalue weighted by molar-refractivity contribution is -0.117. The molecule has 1 aliphatic carbocycles. The molecule has 0 N–H and O–H groups in total. The molecule has 0 unspecified atom stereocenters. The summed E-state index contributed by atoms with van der Waals surface area (Å²) in [6.45, 7) is 3.85. The molecule has 100 valence electrons. The molecular weight excluding hydrogens is 260 g/mol. The zero-order chi connectivity index (χ0) is 13.6. The van der Waals surface area contributed by atoms with Crippen molar-refractivity contribution in [2.75, 3.05) is 0 Å². The van der Waals surface area contributed by atoms with Crippen molar-refractivity contribution in [3.05, 3.63) is 27.1 Å². The van der Waals surface area contributed by atoms with Gasteiger partial charge in [0, 0.05) is 4.88 Å². The molecule has 19 heavy (non-hydrogen) atoms. The predicted octanol–water partition coefficient (Wildman–Crippen LogP) is 2.17. The van der Waals surface area contributed by atoms with Crippen LogP contribution in [-0.2, 0) is 24.2 Å². The Morgan fingerprint density at radius 3 is 3.11 bits per heavy atom. The fourth-order valence-corrected chi connectivity index (χ4v) is 4.06. The minimum absolute atomic E-state index is 0.0269. The SMILES string of the molecule is CC(=O)Cn1cnc2sc3c(c2c1=O)CC[C@H](C)C3.